The molecule has 0 amide bonds. The van der Waals surface area contributed by atoms with E-state index in [-0.39, 0.29) is 5.92 Å². The van der Waals surface area contributed by atoms with Crippen LogP contribution in [0.5, 0.6) is 0 Å². The smallest absolute Gasteiger partial charge is 0.312 e. The van der Waals surface area contributed by atoms with Crippen LogP contribution in [0.25, 0.3) is 0 Å². The maximum atomic E-state index is 12.2. The van der Waals surface area contributed by atoms with Gasteiger partial charge in [0.05, 0.1) is 12.0 Å². The van der Waals surface area contributed by atoms with Crippen molar-refractivity contribution in [3.8, 4) is 0 Å². The summed E-state index contributed by atoms with van der Waals surface area (Å²) < 4.78 is 0. The molecule has 0 aromatic carbocycles. The summed E-state index contributed by atoms with van der Waals surface area (Å²) in [5.74, 6) is -0.332. The maximum Gasteiger partial charge on any atom is 0.312 e. The number of rotatable bonds is 4. The number of hydrogen-bond donors (Lipinski definition) is 1. The van der Waals surface area contributed by atoms with E-state index in [2.05, 4.69) is 20.2 Å². The van der Waals surface area contributed by atoms with E-state index >= 15 is 0 Å². The van der Waals surface area contributed by atoms with Gasteiger partial charge in [-0.1, -0.05) is 19.3 Å². The van der Waals surface area contributed by atoms with Crippen molar-refractivity contribution in [1.82, 2.24) is 14.8 Å². The Balaban J connectivity index is 1.45. The molecule has 132 valence electrons. The molecule has 2 aliphatic heterocycles. The second kappa shape index (κ2) is 6.39. The van der Waals surface area contributed by atoms with Crippen LogP contribution in [0.15, 0.2) is 5.38 Å². The van der Waals surface area contributed by atoms with E-state index in [1.807, 2.05) is 6.92 Å². The summed E-state index contributed by atoms with van der Waals surface area (Å²) in [5.41, 5.74) is 0.495. The van der Waals surface area contributed by atoms with Gasteiger partial charge >= 0.3 is 5.97 Å². The van der Waals surface area contributed by atoms with Gasteiger partial charge in [0.1, 0.15) is 5.01 Å². The Kier molecular flexibility index (Phi) is 4.39. The molecule has 0 bridgehead atoms. The number of carboxylic acid groups (broad SMARTS) is 1. The zero-order valence-corrected chi connectivity index (χ0v) is 15.2. The van der Waals surface area contributed by atoms with Crippen LogP contribution in [0.2, 0.25) is 0 Å². The molecular formula is C18H27N3O2S. The first-order valence-corrected chi connectivity index (χ1v) is 10.1. The van der Waals surface area contributed by atoms with Gasteiger partial charge < -0.3 is 5.11 Å². The molecule has 24 heavy (non-hydrogen) atoms. The SMILES string of the molecule is Cc1csc(CN2CC3CN(C4CCCCC4)CC3(C(=O)O)C2)n1. The highest BCUT2D eigenvalue weighted by Gasteiger charge is 2.58. The van der Waals surface area contributed by atoms with Crippen molar-refractivity contribution in [3.05, 3.63) is 16.1 Å². The fourth-order valence-electron chi connectivity index (χ4n) is 5.02. The highest BCUT2D eigenvalue weighted by atomic mass is 32.1. The van der Waals surface area contributed by atoms with Gasteiger partial charge in [0.15, 0.2) is 0 Å². The molecule has 1 aromatic heterocycles. The summed E-state index contributed by atoms with van der Waals surface area (Å²) in [7, 11) is 0. The lowest BCUT2D eigenvalue weighted by Crippen LogP contribution is -2.43. The minimum absolute atomic E-state index is 0.262. The van der Waals surface area contributed by atoms with Crippen molar-refractivity contribution in [1.29, 1.82) is 0 Å². The first-order valence-electron chi connectivity index (χ1n) is 9.18. The van der Waals surface area contributed by atoms with Crippen molar-refractivity contribution in [2.24, 2.45) is 11.3 Å². The Morgan fingerprint density at radius 2 is 2.12 bits per heavy atom. The van der Waals surface area contributed by atoms with E-state index in [0.29, 0.717) is 12.6 Å². The van der Waals surface area contributed by atoms with Gasteiger partial charge in [0.2, 0.25) is 0 Å². The number of hydrogen-bond acceptors (Lipinski definition) is 5. The Labute approximate surface area is 147 Å². The standard InChI is InChI=1S/C18H27N3O2S/c1-13-10-24-16(19-13)9-20-7-14-8-21(15-5-3-2-4-6-15)12-18(14,11-20)17(22)23/h10,14-15H,2-9,11-12H2,1H3,(H,22,23). The first kappa shape index (κ1) is 16.5. The second-order valence-electron chi connectivity index (χ2n) is 7.93. The van der Waals surface area contributed by atoms with Crippen LogP contribution in [0.1, 0.15) is 42.8 Å². The average Bonchev–Trinajstić information content (AvgIpc) is 3.21. The highest BCUT2D eigenvalue weighted by Crippen LogP contribution is 2.45. The zero-order valence-electron chi connectivity index (χ0n) is 14.4. The molecule has 1 saturated carbocycles. The van der Waals surface area contributed by atoms with Crippen LogP contribution in [0, 0.1) is 18.3 Å². The molecule has 6 heteroatoms. The predicted molar refractivity (Wildman–Crippen MR) is 94.1 cm³/mol. The fraction of sp³-hybridized carbons (Fsp3) is 0.778. The third-order valence-electron chi connectivity index (χ3n) is 6.25. The quantitative estimate of drug-likeness (QED) is 0.905. The third kappa shape index (κ3) is 2.89. The predicted octanol–water partition coefficient (Wildman–Crippen LogP) is 2.60. The molecule has 3 fully saturated rings. The van der Waals surface area contributed by atoms with Gasteiger partial charge in [-0.05, 0) is 19.8 Å². The summed E-state index contributed by atoms with van der Waals surface area (Å²) in [4.78, 5) is 21.5. The molecule has 0 radical (unpaired) electrons. The molecule has 1 aromatic rings. The summed E-state index contributed by atoms with van der Waals surface area (Å²) in [6, 6.07) is 0.621. The molecular weight excluding hydrogens is 322 g/mol. The van der Waals surface area contributed by atoms with Gasteiger partial charge in [0.25, 0.3) is 0 Å². The monoisotopic (exact) mass is 349 g/mol. The molecule has 1 N–H and O–H groups in total. The number of carbonyl (C=O) groups is 1. The van der Waals surface area contributed by atoms with Gasteiger partial charge in [-0.3, -0.25) is 14.6 Å². The number of nitrogens with zero attached hydrogens (tertiary/aromatic N) is 3. The normalized spacial score (nSPS) is 32.3. The van der Waals surface area contributed by atoms with Crippen LogP contribution in [0.4, 0.5) is 0 Å². The van der Waals surface area contributed by atoms with Gasteiger partial charge in [-0.2, -0.15) is 0 Å². The molecule has 5 nitrogen and oxygen atoms in total. The Morgan fingerprint density at radius 3 is 2.75 bits per heavy atom. The minimum atomic E-state index is -0.594. The topological polar surface area (TPSA) is 56.7 Å². The van der Waals surface area contributed by atoms with Crippen molar-refractivity contribution < 1.29 is 9.90 Å². The summed E-state index contributed by atoms with van der Waals surface area (Å²) >= 11 is 1.68. The minimum Gasteiger partial charge on any atom is -0.481 e. The van der Waals surface area contributed by atoms with Crippen molar-refractivity contribution >= 4 is 17.3 Å². The summed E-state index contributed by atoms with van der Waals surface area (Å²) in [6.45, 7) is 6.09. The van der Waals surface area contributed by atoms with E-state index < -0.39 is 11.4 Å². The second-order valence-corrected chi connectivity index (χ2v) is 8.87. The largest absolute Gasteiger partial charge is 0.481 e. The van der Waals surface area contributed by atoms with Crippen LogP contribution < -0.4 is 0 Å². The van der Waals surface area contributed by atoms with Gasteiger partial charge in [-0.15, -0.1) is 11.3 Å². The van der Waals surface area contributed by atoms with Gasteiger partial charge in [0, 0.05) is 49.2 Å². The molecule has 2 atom stereocenters. The highest BCUT2D eigenvalue weighted by molar-refractivity contribution is 7.09. The lowest BCUT2D eigenvalue weighted by molar-refractivity contribution is -0.149. The van der Waals surface area contributed by atoms with Crippen molar-refractivity contribution in [2.75, 3.05) is 26.2 Å². The van der Waals surface area contributed by atoms with E-state index in [0.717, 1.165) is 36.9 Å². The fourth-order valence-corrected chi connectivity index (χ4v) is 5.84. The number of carboxylic acids is 1. The molecule has 1 aliphatic carbocycles. The summed E-state index contributed by atoms with van der Waals surface area (Å²) in [6.07, 6.45) is 6.47. The molecule has 2 unspecified atom stereocenters. The molecule has 3 aliphatic rings. The number of thiazole rings is 1. The van der Waals surface area contributed by atoms with E-state index in [1.165, 1.54) is 32.1 Å². The van der Waals surface area contributed by atoms with Gasteiger partial charge in [-0.25, -0.2) is 4.98 Å². The van der Waals surface area contributed by atoms with Crippen LogP contribution in [-0.4, -0.2) is 58.1 Å². The lowest BCUT2D eigenvalue weighted by atomic mass is 9.81. The zero-order chi connectivity index (χ0) is 16.7. The Morgan fingerprint density at radius 1 is 1.33 bits per heavy atom. The third-order valence-corrected chi connectivity index (χ3v) is 7.20. The number of aromatic nitrogens is 1. The van der Waals surface area contributed by atoms with Crippen molar-refractivity contribution in [2.45, 2.75) is 51.6 Å². The maximum absolute atomic E-state index is 12.2. The molecule has 0 spiro atoms. The molecule has 4 rings (SSSR count). The Bertz CT molecular complexity index is 613. The number of fused-ring (bicyclic) bond motifs is 1. The average molecular weight is 350 g/mol. The first-order chi connectivity index (χ1) is 11.6. The van der Waals surface area contributed by atoms with Crippen LogP contribution >= 0.6 is 11.3 Å². The van der Waals surface area contributed by atoms with E-state index in [9.17, 15) is 9.90 Å². The van der Waals surface area contributed by atoms with E-state index in [1.54, 1.807) is 11.3 Å². The lowest BCUT2D eigenvalue weighted by Gasteiger charge is -2.33. The molecule has 2 saturated heterocycles. The van der Waals surface area contributed by atoms with Crippen molar-refractivity contribution in [3.63, 3.8) is 0 Å². The van der Waals surface area contributed by atoms with Crippen LogP contribution in [0.3, 0.4) is 0 Å². The number of likely N-dealkylation sites (tertiary alicyclic amines) is 2. The van der Waals surface area contributed by atoms with E-state index in [4.69, 9.17) is 0 Å². The number of aliphatic carboxylic acids is 1. The summed E-state index contributed by atoms with van der Waals surface area (Å²) in [5, 5.41) is 13.2. The Hall–Kier alpha value is -0.980. The molecule has 3 heterocycles. The number of aryl methyl sites for hydroxylation is 1. The van der Waals surface area contributed by atoms with Crippen LogP contribution in [-0.2, 0) is 11.3 Å².